The SMILES string of the molecule is O=[N+]([O-])[C@]1(Cl)[C@@H](O)c2cc(Br)cc(Br)c2O[C@H]1c1ccc(Cl)cc1. The van der Waals surface area contributed by atoms with Gasteiger partial charge in [0.2, 0.25) is 6.10 Å². The summed E-state index contributed by atoms with van der Waals surface area (Å²) in [6.45, 7) is 0. The minimum absolute atomic E-state index is 0.230. The van der Waals surface area contributed by atoms with Crippen molar-refractivity contribution in [2.45, 2.75) is 17.2 Å². The second-order valence-corrected chi connectivity index (χ2v) is 8.05. The molecule has 0 saturated carbocycles. The van der Waals surface area contributed by atoms with E-state index in [1.54, 1.807) is 36.4 Å². The molecule has 1 heterocycles. The van der Waals surface area contributed by atoms with Crippen LogP contribution in [0.4, 0.5) is 0 Å². The van der Waals surface area contributed by atoms with Gasteiger partial charge >= 0.3 is 5.00 Å². The number of rotatable bonds is 2. The van der Waals surface area contributed by atoms with Crippen molar-refractivity contribution in [3.05, 3.63) is 71.6 Å². The fraction of sp³-hybridized carbons (Fsp3) is 0.200. The van der Waals surface area contributed by atoms with Crippen LogP contribution in [0, 0.1) is 10.1 Å². The van der Waals surface area contributed by atoms with Crippen molar-refractivity contribution >= 4 is 55.1 Å². The molecule has 0 radical (unpaired) electrons. The number of alkyl halides is 1. The first kappa shape index (κ1) is 17.9. The zero-order valence-electron chi connectivity index (χ0n) is 11.7. The van der Waals surface area contributed by atoms with E-state index in [0.29, 0.717) is 25.3 Å². The van der Waals surface area contributed by atoms with Crippen LogP contribution in [0.15, 0.2) is 45.3 Å². The zero-order chi connectivity index (χ0) is 17.6. The fourth-order valence-corrected chi connectivity index (χ4v) is 4.37. The van der Waals surface area contributed by atoms with E-state index in [1.165, 1.54) is 0 Å². The highest BCUT2D eigenvalue weighted by Crippen LogP contribution is 2.54. The Morgan fingerprint density at radius 1 is 1.25 bits per heavy atom. The Hall–Kier alpha value is -0.860. The van der Waals surface area contributed by atoms with E-state index < -0.39 is 22.1 Å². The quantitative estimate of drug-likeness (QED) is 0.266. The van der Waals surface area contributed by atoms with Gasteiger partial charge in [-0.2, -0.15) is 0 Å². The number of hydrogen-bond donors (Lipinski definition) is 1. The molecule has 0 unspecified atom stereocenters. The molecule has 1 aliphatic heterocycles. The first-order valence-electron chi connectivity index (χ1n) is 6.67. The highest BCUT2D eigenvalue weighted by atomic mass is 79.9. The highest BCUT2D eigenvalue weighted by molar-refractivity contribution is 9.11. The number of aliphatic hydroxyl groups is 1. The minimum atomic E-state index is -2.28. The summed E-state index contributed by atoms with van der Waals surface area (Å²) in [6, 6.07) is 9.59. The first-order valence-corrected chi connectivity index (χ1v) is 9.02. The molecule has 126 valence electrons. The van der Waals surface area contributed by atoms with Crippen LogP contribution >= 0.6 is 55.1 Å². The summed E-state index contributed by atoms with van der Waals surface area (Å²) in [5, 5.41) is 22.8. The molecule has 0 fully saturated rings. The maximum absolute atomic E-state index is 11.7. The number of ether oxygens (including phenoxy) is 1. The Bertz CT molecular complexity index is 818. The number of nitrogens with zero attached hydrogens (tertiary/aromatic N) is 1. The Balaban J connectivity index is 2.21. The predicted octanol–water partition coefficient (Wildman–Crippen LogP) is 5.24. The molecule has 2 aromatic carbocycles. The summed E-state index contributed by atoms with van der Waals surface area (Å²) in [5.74, 6) is 0.309. The summed E-state index contributed by atoms with van der Waals surface area (Å²) in [7, 11) is 0. The van der Waals surface area contributed by atoms with Gasteiger partial charge in [0.25, 0.3) is 0 Å². The van der Waals surface area contributed by atoms with Crippen molar-refractivity contribution in [1.82, 2.24) is 0 Å². The molecule has 0 amide bonds. The summed E-state index contributed by atoms with van der Waals surface area (Å²) >= 11 is 18.8. The standard InChI is InChI=1S/C15H9Br2Cl2NO4/c16-8-5-10-12(11(17)6-8)24-14(7-1-3-9(18)4-2-7)15(19,13(10)21)20(22)23/h1-6,13-14,21H/t13-,14-,15+/m0/s1. The van der Waals surface area contributed by atoms with Gasteiger partial charge in [-0.05, 0) is 51.8 Å². The second kappa shape index (κ2) is 6.46. The van der Waals surface area contributed by atoms with E-state index in [-0.39, 0.29) is 5.56 Å². The largest absolute Gasteiger partial charge is 0.475 e. The molecule has 3 rings (SSSR count). The van der Waals surface area contributed by atoms with Crippen molar-refractivity contribution in [1.29, 1.82) is 0 Å². The molecule has 0 saturated heterocycles. The smallest absolute Gasteiger partial charge is 0.364 e. The van der Waals surface area contributed by atoms with E-state index in [2.05, 4.69) is 31.9 Å². The summed E-state index contributed by atoms with van der Waals surface area (Å²) in [4.78, 5) is 8.70. The monoisotopic (exact) mass is 495 g/mol. The van der Waals surface area contributed by atoms with Gasteiger partial charge in [-0.25, -0.2) is 0 Å². The molecule has 5 nitrogen and oxygen atoms in total. The number of halogens is 4. The van der Waals surface area contributed by atoms with E-state index in [0.717, 1.165) is 0 Å². The number of nitro groups is 1. The van der Waals surface area contributed by atoms with Gasteiger partial charge in [-0.3, -0.25) is 10.1 Å². The van der Waals surface area contributed by atoms with Gasteiger partial charge in [-0.1, -0.05) is 39.7 Å². The number of fused-ring (bicyclic) bond motifs is 1. The van der Waals surface area contributed by atoms with Crippen molar-refractivity contribution in [3.8, 4) is 5.75 Å². The lowest BCUT2D eigenvalue weighted by Crippen LogP contribution is -2.49. The van der Waals surface area contributed by atoms with E-state index >= 15 is 0 Å². The van der Waals surface area contributed by atoms with Crippen LogP contribution < -0.4 is 4.74 Å². The van der Waals surface area contributed by atoms with E-state index in [4.69, 9.17) is 27.9 Å². The average Bonchev–Trinajstić information content (AvgIpc) is 2.52. The van der Waals surface area contributed by atoms with Crippen LogP contribution in [0.25, 0.3) is 0 Å². The molecule has 1 aliphatic rings. The number of hydrogen-bond acceptors (Lipinski definition) is 4. The van der Waals surface area contributed by atoms with Crippen LogP contribution in [0.5, 0.6) is 5.75 Å². The van der Waals surface area contributed by atoms with Gasteiger partial charge < -0.3 is 9.84 Å². The van der Waals surface area contributed by atoms with Crippen molar-refractivity contribution < 1.29 is 14.8 Å². The second-order valence-electron chi connectivity index (χ2n) is 5.24. The van der Waals surface area contributed by atoms with Gasteiger partial charge in [-0.15, -0.1) is 0 Å². The Morgan fingerprint density at radius 3 is 2.46 bits per heavy atom. The molecule has 0 bridgehead atoms. The van der Waals surface area contributed by atoms with Crippen LogP contribution in [-0.2, 0) is 0 Å². The maximum Gasteiger partial charge on any atom is 0.364 e. The Labute approximate surface area is 163 Å². The van der Waals surface area contributed by atoms with Crippen LogP contribution in [-0.4, -0.2) is 15.0 Å². The summed E-state index contributed by atoms with van der Waals surface area (Å²) in [5.41, 5.74) is 0.666. The van der Waals surface area contributed by atoms with Gasteiger partial charge in [0.05, 0.1) is 9.40 Å². The predicted molar refractivity (Wildman–Crippen MR) is 97.2 cm³/mol. The number of aliphatic hydroxyl groups excluding tert-OH is 1. The lowest BCUT2D eigenvalue weighted by atomic mass is 9.90. The molecule has 0 aliphatic carbocycles. The molecular weight excluding hydrogens is 489 g/mol. The van der Waals surface area contributed by atoms with Crippen molar-refractivity contribution in [2.75, 3.05) is 0 Å². The maximum atomic E-state index is 11.7. The van der Waals surface area contributed by atoms with Gasteiger partial charge in [0, 0.05) is 20.6 Å². The Kier molecular flexibility index (Phi) is 4.83. The van der Waals surface area contributed by atoms with Crippen molar-refractivity contribution in [2.24, 2.45) is 0 Å². The molecule has 24 heavy (non-hydrogen) atoms. The molecule has 1 N–H and O–H groups in total. The minimum Gasteiger partial charge on any atom is -0.475 e. The topological polar surface area (TPSA) is 72.6 Å². The first-order chi connectivity index (χ1) is 11.2. The molecule has 0 aromatic heterocycles. The molecule has 3 atom stereocenters. The van der Waals surface area contributed by atoms with Gasteiger partial charge in [0.1, 0.15) is 5.75 Å². The lowest BCUT2D eigenvalue weighted by Gasteiger charge is -2.37. The van der Waals surface area contributed by atoms with Crippen LogP contribution in [0.1, 0.15) is 23.3 Å². The van der Waals surface area contributed by atoms with Crippen LogP contribution in [0.3, 0.4) is 0 Å². The third kappa shape index (κ3) is 2.82. The highest BCUT2D eigenvalue weighted by Gasteiger charge is 2.62. The number of benzene rings is 2. The fourth-order valence-electron chi connectivity index (χ4n) is 2.60. The van der Waals surface area contributed by atoms with Crippen LogP contribution in [0.2, 0.25) is 5.02 Å². The van der Waals surface area contributed by atoms with E-state index in [9.17, 15) is 15.2 Å². The third-order valence-electron chi connectivity index (χ3n) is 3.77. The summed E-state index contributed by atoms with van der Waals surface area (Å²) < 4.78 is 7.02. The Morgan fingerprint density at radius 2 is 1.88 bits per heavy atom. The molecule has 9 heteroatoms. The molecule has 0 spiro atoms. The third-order valence-corrected chi connectivity index (χ3v) is 5.61. The van der Waals surface area contributed by atoms with E-state index in [1.807, 2.05) is 0 Å². The summed E-state index contributed by atoms with van der Waals surface area (Å²) in [6.07, 6.45) is -2.78. The van der Waals surface area contributed by atoms with Crippen molar-refractivity contribution in [3.63, 3.8) is 0 Å². The molecule has 2 aromatic rings. The molecular formula is C15H9Br2Cl2NO4. The zero-order valence-corrected chi connectivity index (χ0v) is 16.4. The van der Waals surface area contributed by atoms with Gasteiger partial charge in [0.15, 0.2) is 6.10 Å². The average molecular weight is 498 g/mol. The normalized spacial score (nSPS) is 25.7. The lowest BCUT2D eigenvalue weighted by molar-refractivity contribution is -0.570.